The van der Waals surface area contributed by atoms with Gasteiger partial charge >= 0.3 is 0 Å². The maximum atomic E-state index is 13.2. The number of likely N-dealkylation sites (N-methyl/N-ethyl adjacent to an activating group) is 1. The third-order valence-electron chi connectivity index (χ3n) is 3.88. The molecule has 0 aromatic heterocycles. The molecule has 1 aliphatic heterocycles. The van der Waals surface area contributed by atoms with Crippen LogP contribution in [0.5, 0.6) is 0 Å². The Balaban J connectivity index is 2.06. The summed E-state index contributed by atoms with van der Waals surface area (Å²) in [6.45, 7) is 3.16. The van der Waals surface area contributed by atoms with Gasteiger partial charge in [-0.05, 0) is 43.5 Å². The van der Waals surface area contributed by atoms with E-state index < -0.39 is 0 Å². The van der Waals surface area contributed by atoms with Crippen molar-refractivity contribution < 1.29 is 9.13 Å². The number of benzene rings is 1. The molecule has 2 N–H and O–H groups in total. The van der Waals surface area contributed by atoms with E-state index in [9.17, 15) is 4.39 Å². The van der Waals surface area contributed by atoms with Crippen LogP contribution in [0, 0.1) is 11.7 Å². The quantitative estimate of drug-likeness (QED) is 0.892. The van der Waals surface area contributed by atoms with Crippen molar-refractivity contribution in [1.29, 1.82) is 0 Å². The maximum absolute atomic E-state index is 13.2. The lowest BCUT2D eigenvalue weighted by atomic mass is 9.99. The minimum atomic E-state index is -0.236. The molecule has 0 radical (unpaired) electrons. The molecule has 0 amide bonds. The van der Waals surface area contributed by atoms with E-state index >= 15 is 0 Å². The van der Waals surface area contributed by atoms with Crippen molar-refractivity contribution in [2.45, 2.75) is 18.9 Å². The first-order valence-electron chi connectivity index (χ1n) is 7.04. The van der Waals surface area contributed by atoms with Crippen molar-refractivity contribution in [2.75, 3.05) is 33.4 Å². The second-order valence-corrected chi connectivity index (χ2v) is 6.29. The van der Waals surface area contributed by atoms with Gasteiger partial charge in [-0.3, -0.25) is 4.90 Å². The van der Waals surface area contributed by atoms with Gasteiger partial charge in [0.25, 0.3) is 0 Å². The third-order valence-corrected chi connectivity index (χ3v) is 4.56. The summed E-state index contributed by atoms with van der Waals surface area (Å²) in [5.74, 6) is 0.321. The fourth-order valence-electron chi connectivity index (χ4n) is 2.80. The van der Waals surface area contributed by atoms with Crippen LogP contribution in [-0.2, 0) is 4.74 Å². The molecule has 1 aromatic rings. The van der Waals surface area contributed by atoms with Gasteiger partial charge in [0.2, 0.25) is 0 Å². The van der Waals surface area contributed by atoms with Crippen molar-refractivity contribution >= 4 is 15.9 Å². The summed E-state index contributed by atoms with van der Waals surface area (Å²) in [5.41, 5.74) is 6.97. The van der Waals surface area contributed by atoms with Gasteiger partial charge in [0.15, 0.2) is 0 Å². The molecule has 0 bridgehead atoms. The van der Waals surface area contributed by atoms with Gasteiger partial charge in [-0.2, -0.15) is 0 Å². The largest absolute Gasteiger partial charge is 0.381 e. The molecule has 1 heterocycles. The summed E-state index contributed by atoms with van der Waals surface area (Å²) in [4.78, 5) is 2.25. The second kappa shape index (κ2) is 7.50. The zero-order valence-corrected chi connectivity index (χ0v) is 13.4. The lowest BCUT2D eigenvalue weighted by Gasteiger charge is -2.33. The Morgan fingerprint density at radius 1 is 1.55 bits per heavy atom. The summed E-state index contributed by atoms with van der Waals surface area (Å²) in [6, 6.07) is 4.88. The van der Waals surface area contributed by atoms with Crippen molar-refractivity contribution in [2.24, 2.45) is 11.7 Å². The number of halogens is 2. The minimum absolute atomic E-state index is 0.0897. The van der Waals surface area contributed by atoms with Crippen LogP contribution in [0.25, 0.3) is 0 Å². The second-order valence-electron chi connectivity index (χ2n) is 5.44. The van der Waals surface area contributed by atoms with Crippen LogP contribution in [0.1, 0.15) is 24.4 Å². The predicted molar refractivity (Wildman–Crippen MR) is 82.1 cm³/mol. The van der Waals surface area contributed by atoms with Gasteiger partial charge in [-0.25, -0.2) is 4.39 Å². The maximum Gasteiger partial charge on any atom is 0.124 e. The highest BCUT2D eigenvalue weighted by Crippen LogP contribution is 2.28. The van der Waals surface area contributed by atoms with Crippen molar-refractivity contribution in [3.8, 4) is 0 Å². The van der Waals surface area contributed by atoms with Gasteiger partial charge in [0.1, 0.15) is 5.82 Å². The van der Waals surface area contributed by atoms with Crippen LogP contribution in [0.3, 0.4) is 0 Å². The fourth-order valence-corrected chi connectivity index (χ4v) is 3.42. The molecule has 5 heteroatoms. The summed E-state index contributed by atoms with van der Waals surface area (Å²) < 4.78 is 19.5. The van der Waals surface area contributed by atoms with Crippen LogP contribution in [0.2, 0.25) is 0 Å². The number of hydrogen-bond acceptors (Lipinski definition) is 3. The Bertz CT molecular complexity index is 438. The number of nitrogens with zero attached hydrogens (tertiary/aromatic N) is 1. The zero-order valence-electron chi connectivity index (χ0n) is 11.8. The van der Waals surface area contributed by atoms with Gasteiger partial charge in [0, 0.05) is 30.2 Å². The molecule has 0 saturated carbocycles. The molecule has 1 aliphatic rings. The van der Waals surface area contributed by atoms with Crippen LogP contribution in [-0.4, -0.2) is 38.3 Å². The summed E-state index contributed by atoms with van der Waals surface area (Å²) in [5, 5.41) is 0. The molecule has 0 aliphatic carbocycles. The Morgan fingerprint density at radius 2 is 2.35 bits per heavy atom. The van der Waals surface area contributed by atoms with E-state index in [1.165, 1.54) is 18.6 Å². The number of ether oxygens (including phenoxy) is 1. The van der Waals surface area contributed by atoms with Gasteiger partial charge in [0.05, 0.1) is 6.61 Å². The zero-order chi connectivity index (χ0) is 14.5. The number of nitrogens with two attached hydrogens (primary N) is 1. The van der Waals surface area contributed by atoms with E-state index in [0.717, 1.165) is 36.2 Å². The lowest BCUT2D eigenvalue weighted by molar-refractivity contribution is 0.0365. The summed E-state index contributed by atoms with van der Waals surface area (Å²) >= 11 is 3.44. The monoisotopic (exact) mass is 344 g/mol. The number of hydrogen-bond donors (Lipinski definition) is 1. The van der Waals surface area contributed by atoms with E-state index in [1.807, 2.05) is 6.07 Å². The van der Waals surface area contributed by atoms with Crippen molar-refractivity contribution in [3.63, 3.8) is 0 Å². The van der Waals surface area contributed by atoms with E-state index in [1.54, 1.807) is 0 Å². The fraction of sp³-hybridized carbons (Fsp3) is 0.600. The molecule has 20 heavy (non-hydrogen) atoms. The first-order chi connectivity index (χ1) is 9.61. The average Bonchev–Trinajstić information content (AvgIpc) is 2.43. The van der Waals surface area contributed by atoms with E-state index in [0.29, 0.717) is 12.5 Å². The first-order valence-corrected chi connectivity index (χ1v) is 7.84. The summed E-state index contributed by atoms with van der Waals surface area (Å²) in [6.07, 6.45) is 2.33. The highest BCUT2D eigenvalue weighted by molar-refractivity contribution is 9.10. The topological polar surface area (TPSA) is 38.5 Å². The van der Waals surface area contributed by atoms with Crippen LogP contribution in [0.4, 0.5) is 4.39 Å². The molecule has 1 fully saturated rings. The van der Waals surface area contributed by atoms with Crippen LogP contribution >= 0.6 is 15.9 Å². The van der Waals surface area contributed by atoms with Crippen LogP contribution < -0.4 is 5.73 Å². The Morgan fingerprint density at radius 3 is 2.95 bits per heavy atom. The Kier molecular flexibility index (Phi) is 5.96. The molecule has 112 valence electrons. The Labute approximate surface area is 128 Å². The Hall–Kier alpha value is -0.490. The smallest absolute Gasteiger partial charge is 0.124 e. The normalized spacial score (nSPS) is 21.1. The van der Waals surface area contributed by atoms with Crippen molar-refractivity contribution in [1.82, 2.24) is 4.90 Å². The molecule has 3 nitrogen and oxygen atoms in total. The lowest BCUT2D eigenvalue weighted by Crippen LogP contribution is -2.36. The SMILES string of the molecule is CN(CC1CCCOC1)C(CN)c1ccc(F)cc1Br. The van der Waals surface area contributed by atoms with Crippen molar-refractivity contribution in [3.05, 3.63) is 34.1 Å². The highest BCUT2D eigenvalue weighted by atomic mass is 79.9. The highest BCUT2D eigenvalue weighted by Gasteiger charge is 2.22. The van der Waals surface area contributed by atoms with Gasteiger partial charge < -0.3 is 10.5 Å². The molecular weight excluding hydrogens is 323 g/mol. The van der Waals surface area contributed by atoms with E-state index in [-0.39, 0.29) is 11.9 Å². The summed E-state index contributed by atoms with van der Waals surface area (Å²) in [7, 11) is 2.07. The van der Waals surface area contributed by atoms with E-state index in [2.05, 4.69) is 27.9 Å². The van der Waals surface area contributed by atoms with Gasteiger partial charge in [-0.1, -0.05) is 22.0 Å². The molecular formula is C15H22BrFN2O. The predicted octanol–water partition coefficient (Wildman–Crippen LogP) is 2.95. The van der Waals surface area contributed by atoms with Crippen LogP contribution in [0.15, 0.2) is 22.7 Å². The molecule has 2 rings (SSSR count). The average molecular weight is 345 g/mol. The third kappa shape index (κ3) is 4.01. The minimum Gasteiger partial charge on any atom is -0.381 e. The molecule has 0 spiro atoms. The first kappa shape index (κ1) is 15.9. The van der Waals surface area contributed by atoms with E-state index in [4.69, 9.17) is 10.5 Å². The molecule has 2 atom stereocenters. The molecule has 1 aromatic carbocycles. The molecule has 1 saturated heterocycles. The molecule has 2 unspecified atom stereocenters. The standard InChI is InChI=1S/C15H22BrFN2O/c1-19(9-11-3-2-6-20-10-11)15(8-18)13-5-4-12(17)7-14(13)16/h4-5,7,11,15H,2-3,6,8-10,18H2,1H3. The number of rotatable bonds is 5. The van der Waals surface area contributed by atoms with Gasteiger partial charge in [-0.15, -0.1) is 0 Å².